The van der Waals surface area contributed by atoms with Crippen LogP contribution in [0.2, 0.25) is 0 Å². The van der Waals surface area contributed by atoms with E-state index < -0.39 is 0 Å². The minimum atomic E-state index is -0.151. The van der Waals surface area contributed by atoms with Crippen LogP contribution in [-0.4, -0.2) is 4.99 Å². The Balaban J connectivity index is 2.10. The maximum atomic E-state index is 13.6. The molecule has 0 spiro atoms. The SMILES string of the molecule is Cc1ccc(NC(=S)/C(=C(\[O-])c2ccccc2Br)[n+]2ccc(C(C)(C)C)cc2)cc1C. The summed E-state index contributed by atoms with van der Waals surface area (Å²) in [5.74, 6) is -0.151. The molecule has 160 valence electrons. The van der Waals surface area contributed by atoms with Gasteiger partial charge in [-0.2, -0.15) is 4.57 Å². The molecule has 3 rings (SSSR count). The number of rotatable bonds is 4. The van der Waals surface area contributed by atoms with E-state index in [4.69, 9.17) is 12.2 Å². The van der Waals surface area contributed by atoms with Gasteiger partial charge in [0.2, 0.25) is 5.70 Å². The summed E-state index contributed by atoms with van der Waals surface area (Å²) in [5, 5.41) is 16.8. The number of hydrogen-bond acceptors (Lipinski definition) is 2. The number of halogens is 1. The van der Waals surface area contributed by atoms with E-state index in [1.54, 1.807) is 10.6 Å². The summed E-state index contributed by atoms with van der Waals surface area (Å²) in [6, 6.07) is 17.5. The van der Waals surface area contributed by atoms with Gasteiger partial charge in [-0.1, -0.05) is 73.2 Å². The standard InChI is InChI=1S/C26H27BrN2OS/c1-17-10-11-20(16-18(17)2)28-25(31)23(24(30)21-8-6-7-9-22(21)27)29-14-12-19(13-15-29)26(3,4)5/h6-16H,1-5H3,(H-,28,30,31). The molecular formula is C26H27BrN2OS. The Morgan fingerprint density at radius 2 is 1.61 bits per heavy atom. The summed E-state index contributed by atoms with van der Waals surface area (Å²) in [6.07, 6.45) is 3.80. The molecule has 0 saturated carbocycles. The topological polar surface area (TPSA) is 39.0 Å². The van der Waals surface area contributed by atoms with Gasteiger partial charge in [0.25, 0.3) is 0 Å². The van der Waals surface area contributed by atoms with Crippen molar-refractivity contribution in [2.24, 2.45) is 0 Å². The van der Waals surface area contributed by atoms with Crippen molar-refractivity contribution in [1.82, 2.24) is 0 Å². The van der Waals surface area contributed by atoms with E-state index in [0.717, 1.165) is 15.7 Å². The number of pyridine rings is 1. The summed E-state index contributed by atoms with van der Waals surface area (Å²) in [5.41, 5.74) is 5.39. The molecule has 1 heterocycles. The molecule has 0 amide bonds. The number of nitrogens with zero attached hydrogens (tertiary/aromatic N) is 1. The van der Waals surface area contributed by atoms with E-state index >= 15 is 0 Å². The fraction of sp³-hybridized carbons (Fsp3) is 0.231. The third-order valence-electron chi connectivity index (χ3n) is 5.27. The van der Waals surface area contributed by atoms with Crippen LogP contribution in [0.3, 0.4) is 0 Å². The Kier molecular flexibility index (Phi) is 6.97. The lowest BCUT2D eigenvalue weighted by atomic mass is 9.88. The third-order valence-corrected chi connectivity index (χ3v) is 6.25. The molecular weight excluding hydrogens is 468 g/mol. The highest BCUT2D eigenvalue weighted by Gasteiger charge is 2.22. The average Bonchev–Trinajstić information content (AvgIpc) is 2.71. The molecule has 3 nitrogen and oxygen atoms in total. The fourth-order valence-corrected chi connectivity index (χ4v) is 3.98. The van der Waals surface area contributed by atoms with Gasteiger partial charge in [-0.3, -0.25) is 0 Å². The van der Waals surface area contributed by atoms with Crippen molar-refractivity contribution in [2.75, 3.05) is 5.32 Å². The first-order valence-corrected chi connectivity index (χ1v) is 11.3. The Bertz CT molecular complexity index is 1140. The zero-order valence-electron chi connectivity index (χ0n) is 18.5. The second kappa shape index (κ2) is 9.33. The lowest BCUT2D eigenvalue weighted by Gasteiger charge is -2.20. The fourth-order valence-electron chi connectivity index (χ4n) is 3.20. The van der Waals surface area contributed by atoms with Gasteiger partial charge in [0.1, 0.15) is 0 Å². The molecule has 1 aromatic heterocycles. The van der Waals surface area contributed by atoms with Crippen LogP contribution in [-0.2, 0) is 5.41 Å². The number of nitrogens with one attached hydrogen (secondary N) is 1. The van der Waals surface area contributed by atoms with E-state index in [1.807, 2.05) is 60.9 Å². The number of anilines is 1. The Morgan fingerprint density at radius 3 is 2.19 bits per heavy atom. The van der Waals surface area contributed by atoms with Gasteiger partial charge >= 0.3 is 0 Å². The third kappa shape index (κ3) is 5.41. The van der Waals surface area contributed by atoms with Crippen LogP contribution in [0.15, 0.2) is 71.5 Å². The van der Waals surface area contributed by atoms with Crippen molar-refractivity contribution in [3.63, 3.8) is 0 Å². The molecule has 3 aromatic rings. The maximum Gasteiger partial charge on any atom is 0.238 e. The smallest absolute Gasteiger partial charge is 0.238 e. The van der Waals surface area contributed by atoms with E-state index in [1.165, 1.54) is 11.1 Å². The first-order valence-electron chi connectivity index (χ1n) is 10.1. The molecule has 0 atom stereocenters. The molecule has 0 aliphatic carbocycles. The van der Waals surface area contributed by atoms with Crippen LogP contribution in [0.4, 0.5) is 5.69 Å². The summed E-state index contributed by atoms with van der Waals surface area (Å²) in [6.45, 7) is 10.6. The highest BCUT2D eigenvalue weighted by molar-refractivity contribution is 9.10. The number of aryl methyl sites for hydroxylation is 2. The minimum absolute atomic E-state index is 0.0178. The Hall–Kier alpha value is -2.50. The van der Waals surface area contributed by atoms with E-state index in [2.05, 4.69) is 55.9 Å². The number of aromatic nitrogens is 1. The Morgan fingerprint density at radius 1 is 0.968 bits per heavy atom. The van der Waals surface area contributed by atoms with Gasteiger partial charge in [0.15, 0.2) is 17.4 Å². The number of benzene rings is 2. The van der Waals surface area contributed by atoms with Crippen molar-refractivity contribution in [3.8, 4) is 0 Å². The van der Waals surface area contributed by atoms with Crippen LogP contribution in [0, 0.1) is 13.8 Å². The van der Waals surface area contributed by atoms with Crippen LogP contribution in [0.1, 0.15) is 43.0 Å². The summed E-state index contributed by atoms with van der Waals surface area (Å²) in [4.78, 5) is 0.373. The second-order valence-corrected chi connectivity index (χ2v) is 9.92. The van der Waals surface area contributed by atoms with Gasteiger partial charge in [-0.25, -0.2) is 0 Å². The number of thiocarbonyl (C=S) groups is 1. The van der Waals surface area contributed by atoms with E-state index in [0.29, 0.717) is 16.2 Å². The van der Waals surface area contributed by atoms with Gasteiger partial charge in [0.05, 0.1) is 0 Å². The molecule has 0 fully saturated rings. The van der Waals surface area contributed by atoms with Gasteiger partial charge in [0, 0.05) is 22.3 Å². The quantitative estimate of drug-likeness (QED) is 0.216. The summed E-state index contributed by atoms with van der Waals surface area (Å²) >= 11 is 9.24. The normalized spacial score (nSPS) is 12.3. The van der Waals surface area contributed by atoms with Crippen LogP contribution in [0.25, 0.3) is 11.5 Å². The van der Waals surface area contributed by atoms with Crippen molar-refractivity contribution >= 4 is 50.3 Å². The highest BCUT2D eigenvalue weighted by atomic mass is 79.9. The minimum Gasteiger partial charge on any atom is -0.867 e. The van der Waals surface area contributed by atoms with Gasteiger partial charge in [-0.05, 0) is 65.5 Å². The maximum absolute atomic E-state index is 13.6. The van der Waals surface area contributed by atoms with Crippen LogP contribution < -0.4 is 15.0 Å². The zero-order valence-corrected chi connectivity index (χ0v) is 20.9. The molecule has 31 heavy (non-hydrogen) atoms. The monoisotopic (exact) mass is 494 g/mol. The van der Waals surface area contributed by atoms with E-state index in [-0.39, 0.29) is 11.2 Å². The molecule has 0 saturated heterocycles. The molecule has 1 N–H and O–H groups in total. The average molecular weight is 495 g/mol. The van der Waals surface area contributed by atoms with Crippen molar-refractivity contribution < 1.29 is 9.67 Å². The molecule has 0 aliphatic heterocycles. The molecule has 2 aromatic carbocycles. The number of hydrogen-bond donors (Lipinski definition) is 1. The first kappa shape index (κ1) is 23.2. The van der Waals surface area contributed by atoms with Crippen LogP contribution in [0.5, 0.6) is 0 Å². The van der Waals surface area contributed by atoms with Gasteiger partial charge in [-0.15, -0.1) is 0 Å². The molecule has 0 unspecified atom stereocenters. The first-order chi connectivity index (χ1) is 14.6. The molecule has 0 radical (unpaired) electrons. The molecule has 5 heteroatoms. The summed E-state index contributed by atoms with van der Waals surface area (Å²) < 4.78 is 2.53. The van der Waals surface area contributed by atoms with Crippen molar-refractivity contribution in [3.05, 3.63) is 93.7 Å². The van der Waals surface area contributed by atoms with Crippen LogP contribution >= 0.6 is 28.1 Å². The Labute approximate surface area is 198 Å². The predicted octanol–water partition coefficient (Wildman–Crippen LogP) is 5.78. The second-order valence-electron chi connectivity index (χ2n) is 8.65. The van der Waals surface area contributed by atoms with E-state index in [9.17, 15) is 5.11 Å². The lowest BCUT2D eigenvalue weighted by molar-refractivity contribution is -0.577. The van der Waals surface area contributed by atoms with Crippen molar-refractivity contribution in [2.45, 2.75) is 40.0 Å². The molecule has 0 bridgehead atoms. The van der Waals surface area contributed by atoms with Gasteiger partial charge < -0.3 is 10.4 Å². The molecule has 0 aliphatic rings. The largest absolute Gasteiger partial charge is 0.867 e. The zero-order chi connectivity index (χ0) is 22.8. The lowest BCUT2D eigenvalue weighted by Crippen LogP contribution is -2.40. The predicted molar refractivity (Wildman–Crippen MR) is 135 cm³/mol. The highest BCUT2D eigenvalue weighted by Crippen LogP contribution is 2.25. The summed E-state index contributed by atoms with van der Waals surface area (Å²) in [7, 11) is 0. The van der Waals surface area contributed by atoms with Crippen molar-refractivity contribution in [1.29, 1.82) is 0 Å².